The minimum atomic E-state index is 0.127. The van der Waals surface area contributed by atoms with Crippen molar-refractivity contribution >= 4 is 5.91 Å². The van der Waals surface area contributed by atoms with Gasteiger partial charge in [-0.15, -0.1) is 0 Å². The van der Waals surface area contributed by atoms with Crippen LogP contribution in [0.15, 0.2) is 0 Å². The molecule has 0 saturated carbocycles. The molecule has 0 aromatic heterocycles. The van der Waals surface area contributed by atoms with Crippen LogP contribution in [0.1, 0.15) is 19.8 Å². The summed E-state index contributed by atoms with van der Waals surface area (Å²) in [6.45, 7) is 8.15. The second kappa shape index (κ2) is 8.44. The summed E-state index contributed by atoms with van der Waals surface area (Å²) in [4.78, 5) is 16.0. The molecule has 0 aromatic carbocycles. The van der Waals surface area contributed by atoms with Crippen molar-refractivity contribution in [3.05, 3.63) is 0 Å². The molecular formula is C12H25N3O2. The van der Waals surface area contributed by atoms with E-state index in [1.165, 1.54) is 0 Å². The third-order valence-corrected chi connectivity index (χ3v) is 3.04. The summed E-state index contributed by atoms with van der Waals surface area (Å²) in [5.74, 6) is 0.127. The number of carbonyl (C=O) groups is 1. The number of hydrogen-bond acceptors (Lipinski definition) is 4. The maximum Gasteiger partial charge on any atom is 0.234 e. The Bertz CT molecular complexity index is 224. The van der Waals surface area contributed by atoms with Gasteiger partial charge in [0.15, 0.2) is 0 Å². The molecule has 1 heterocycles. The van der Waals surface area contributed by atoms with Crippen molar-refractivity contribution in [3.63, 3.8) is 0 Å². The van der Waals surface area contributed by atoms with Crippen LogP contribution >= 0.6 is 0 Å². The largest absolute Gasteiger partial charge is 0.395 e. The number of aliphatic hydroxyl groups excluding tert-OH is 1. The van der Waals surface area contributed by atoms with Crippen molar-refractivity contribution in [1.82, 2.24) is 15.1 Å². The molecule has 1 aliphatic rings. The first kappa shape index (κ1) is 14.4. The van der Waals surface area contributed by atoms with Gasteiger partial charge in [0.2, 0.25) is 5.91 Å². The van der Waals surface area contributed by atoms with Crippen molar-refractivity contribution in [2.24, 2.45) is 0 Å². The number of hydrogen-bond donors (Lipinski definition) is 2. The highest BCUT2D eigenvalue weighted by Gasteiger charge is 2.16. The Hall–Kier alpha value is -0.650. The molecule has 0 spiro atoms. The zero-order valence-electron chi connectivity index (χ0n) is 10.8. The minimum Gasteiger partial charge on any atom is -0.395 e. The molecule has 0 aliphatic carbocycles. The smallest absolute Gasteiger partial charge is 0.234 e. The summed E-state index contributed by atoms with van der Waals surface area (Å²) in [5.41, 5.74) is 0. The van der Waals surface area contributed by atoms with Crippen LogP contribution in [0.25, 0.3) is 0 Å². The van der Waals surface area contributed by atoms with E-state index in [9.17, 15) is 4.79 Å². The molecule has 1 fully saturated rings. The van der Waals surface area contributed by atoms with Gasteiger partial charge in [0, 0.05) is 26.2 Å². The third-order valence-electron chi connectivity index (χ3n) is 3.04. The van der Waals surface area contributed by atoms with E-state index >= 15 is 0 Å². The Morgan fingerprint density at radius 3 is 2.65 bits per heavy atom. The molecule has 5 heteroatoms. The standard InChI is InChI=1S/C12H25N3O2/c1-2-4-13-12(17)11-15-6-3-5-14(7-8-15)9-10-16/h16H,2-11H2,1H3,(H,13,17). The lowest BCUT2D eigenvalue weighted by molar-refractivity contribution is -0.122. The maximum atomic E-state index is 11.6. The molecule has 0 atom stereocenters. The van der Waals surface area contributed by atoms with Gasteiger partial charge in [0.05, 0.1) is 13.2 Å². The highest BCUT2D eigenvalue weighted by molar-refractivity contribution is 5.77. The van der Waals surface area contributed by atoms with Crippen LogP contribution in [-0.4, -0.2) is 73.2 Å². The number of nitrogens with zero attached hydrogens (tertiary/aromatic N) is 2. The Kier molecular flexibility index (Phi) is 7.16. The lowest BCUT2D eigenvalue weighted by Gasteiger charge is -2.20. The number of amides is 1. The van der Waals surface area contributed by atoms with Gasteiger partial charge in [-0.25, -0.2) is 0 Å². The second-order valence-electron chi connectivity index (χ2n) is 4.54. The first-order valence-corrected chi connectivity index (χ1v) is 6.58. The van der Waals surface area contributed by atoms with Gasteiger partial charge >= 0.3 is 0 Å². The van der Waals surface area contributed by atoms with Crippen molar-refractivity contribution in [3.8, 4) is 0 Å². The van der Waals surface area contributed by atoms with E-state index in [0.29, 0.717) is 6.54 Å². The summed E-state index contributed by atoms with van der Waals surface area (Å²) in [6.07, 6.45) is 2.05. The summed E-state index contributed by atoms with van der Waals surface area (Å²) < 4.78 is 0. The molecule has 0 aromatic rings. The monoisotopic (exact) mass is 243 g/mol. The van der Waals surface area contributed by atoms with Gasteiger partial charge in [-0.2, -0.15) is 0 Å². The lowest BCUT2D eigenvalue weighted by Crippen LogP contribution is -2.39. The summed E-state index contributed by atoms with van der Waals surface area (Å²) in [5, 5.41) is 11.8. The molecule has 0 radical (unpaired) electrons. The number of β-amino-alcohol motifs (C(OH)–C–C–N with tert-alkyl or cyclic N) is 1. The number of rotatable bonds is 6. The molecular weight excluding hydrogens is 218 g/mol. The molecule has 100 valence electrons. The lowest BCUT2D eigenvalue weighted by atomic mass is 10.3. The normalized spacial score (nSPS) is 18.9. The van der Waals surface area contributed by atoms with Gasteiger partial charge in [0.25, 0.3) is 0 Å². The Morgan fingerprint density at radius 2 is 1.94 bits per heavy atom. The zero-order chi connectivity index (χ0) is 12.5. The predicted octanol–water partition coefficient (Wildman–Crippen LogP) is -0.487. The Balaban J connectivity index is 2.23. The zero-order valence-corrected chi connectivity index (χ0v) is 10.8. The van der Waals surface area contributed by atoms with Gasteiger partial charge in [-0.05, 0) is 25.9 Å². The van der Waals surface area contributed by atoms with Crippen LogP contribution < -0.4 is 5.32 Å². The van der Waals surface area contributed by atoms with E-state index in [4.69, 9.17) is 5.11 Å². The average Bonchev–Trinajstić information content (AvgIpc) is 2.53. The maximum absolute atomic E-state index is 11.6. The first-order chi connectivity index (χ1) is 8.26. The van der Waals surface area contributed by atoms with E-state index in [2.05, 4.69) is 22.0 Å². The van der Waals surface area contributed by atoms with E-state index in [-0.39, 0.29) is 12.5 Å². The fourth-order valence-corrected chi connectivity index (χ4v) is 2.07. The number of carbonyl (C=O) groups excluding carboxylic acids is 1. The summed E-state index contributed by atoms with van der Waals surface area (Å²) in [6, 6.07) is 0. The van der Waals surface area contributed by atoms with Crippen molar-refractivity contribution in [1.29, 1.82) is 0 Å². The summed E-state index contributed by atoms with van der Waals surface area (Å²) in [7, 11) is 0. The fourth-order valence-electron chi connectivity index (χ4n) is 2.07. The van der Waals surface area contributed by atoms with Crippen LogP contribution in [0.5, 0.6) is 0 Å². The third kappa shape index (κ3) is 6.00. The topological polar surface area (TPSA) is 55.8 Å². The highest BCUT2D eigenvalue weighted by atomic mass is 16.3. The molecule has 0 unspecified atom stereocenters. The van der Waals surface area contributed by atoms with Crippen molar-refractivity contribution in [2.75, 3.05) is 52.4 Å². The van der Waals surface area contributed by atoms with Gasteiger partial charge in [-0.3, -0.25) is 14.6 Å². The van der Waals surface area contributed by atoms with Crippen LogP contribution in [0.3, 0.4) is 0 Å². The summed E-state index contributed by atoms with van der Waals surface area (Å²) >= 11 is 0. The van der Waals surface area contributed by atoms with Crippen molar-refractivity contribution < 1.29 is 9.90 Å². The Morgan fingerprint density at radius 1 is 1.24 bits per heavy atom. The first-order valence-electron chi connectivity index (χ1n) is 6.58. The SMILES string of the molecule is CCCNC(=O)CN1CCCN(CCO)CC1. The second-order valence-corrected chi connectivity index (χ2v) is 4.54. The van der Waals surface area contributed by atoms with Gasteiger partial charge in [0.1, 0.15) is 0 Å². The highest BCUT2D eigenvalue weighted by Crippen LogP contribution is 2.02. The molecule has 1 saturated heterocycles. The molecule has 1 aliphatic heterocycles. The molecule has 0 bridgehead atoms. The molecule has 2 N–H and O–H groups in total. The quantitative estimate of drug-likeness (QED) is 0.661. The average molecular weight is 243 g/mol. The van der Waals surface area contributed by atoms with Crippen LogP contribution in [0.4, 0.5) is 0 Å². The Labute approximate surface area is 104 Å². The van der Waals surface area contributed by atoms with Crippen molar-refractivity contribution in [2.45, 2.75) is 19.8 Å². The van der Waals surface area contributed by atoms with Crippen LogP contribution in [0.2, 0.25) is 0 Å². The molecule has 1 amide bonds. The fraction of sp³-hybridized carbons (Fsp3) is 0.917. The van der Waals surface area contributed by atoms with Crippen LogP contribution in [-0.2, 0) is 4.79 Å². The molecule has 5 nitrogen and oxygen atoms in total. The molecule has 1 rings (SSSR count). The van der Waals surface area contributed by atoms with Crippen LogP contribution in [0, 0.1) is 0 Å². The van der Waals surface area contributed by atoms with E-state index < -0.39 is 0 Å². The van der Waals surface area contributed by atoms with E-state index in [0.717, 1.165) is 52.1 Å². The van der Waals surface area contributed by atoms with Gasteiger partial charge in [-0.1, -0.05) is 6.92 Å². The number of nitrogens with one attached hydrogen (secondary N) is 1. The minimum absolute atomic E-state index is 0.127. The van der Waals surface area contributed by atoms with E-state index in [1.54, 1.807) is 0 Å². The molecule has 17 heavy (non-hydrogen) atoms. The predicted molar refractivity (Wildman–Crippen MR) is 67.9 cm³/mol. The van der Waals surface area contributed by atoms with Gasteiger partial charge < -0.3 is 10.4 Å². The number of aliphatic hydroxyl groups is 1. The van der Waals surface area contributed by atoms with E-state index in [1.807, 2.05) is 0 Å².